The number of carbonyl (C=O) groups is 2. The molecule has 0 radical (unpaired) electrons. The molecule has 3 aliphatic rings. The molecule has 5 unspecified atom stereocenters. The fourth-order valence-electron chi connectivity index (χ4n) is 5.13. The summed E-state index contributed by atoms with van der Waals surface area (Å²) in [4.78, 5) is 24.6. The van der Waals surface area contributed by atoms with Gasteiger partial charge in [0.2, 0.25) is 0 Å². The molecule has 25 heavy (non-hydrogen) atoms. The third-order valence-corrected chi connectivity index (χ3v) is 6.79. The first-order valence-electron chi connectivity index (χ1n) is 8.96. The summed E-state index contributed by atoms with van der Waals surface area (Å²) in [6.07, 6.45) is 6.12. The Morgan fingerprint density at radius 2 is 2.16 bits per heavy atom. The molecular weight excluding hydrogens is 316 g/mol. The van der Waals surface area contributed by atoms with Crippen LogP contribution in [0.2, 0.25) is 0 Å². The molecule has 1 heterocycles. The molecule has 1 aliphatic heterocycles. The largest absolute Gasteiger partial charge is 0.469 e. The Morgan fingerprint density at radius 1 is 1.48 bits per heavy atom. The van der Waals surface area contributed by atoms with E-state index >= 15 is 0 Å². The Morgan fingerprint density at radius 3 is 2.72 bits per heavy atom. The van der Waals surface area contributed by atoms with Crippen LogP contribution in [0.3, 0.4) is 0 Å². The lowest BCUT2D eigenvalue weighted by molar-refractivity contribution is -0.141. The minimum atomic E-state index is -0.664. The third kappa shape index (κ3) is 2.37. The average Bonchev–Trinajstić information content (AvgIpc) is 3.31. The van der Waals surface area contributed by atoms with Crippen LogP contribution in [0, 0.1) is 16.7 Å². The predicted octanol–water partition coefficient (Wildman–Crippen LogP) is 3.77. The van der Waals surface area contributed by atoms with Crippen LogP contribution in [0.4, 0.5) is 0 Å². The van der Waals surface area contributed by atoms with E-state index in [0.29, 0.717) is 12.8 Å². The molecular formula is C21H28O4. The number of allylic oxidation sites excluding steroid dienone is 2. The molecule has 136 valence electrons. The smallest absolute Gasteiger partial charge is 0.305 e. The van der Waals surface area contributed by atoms with Gasteiger partial charge in [-0.15, -0.1) is 6.58 Å². The van der Waals surface area contributed by atoms with Gasteiger partial charge in [-0.1, -0.05) is 25.2 Å². The predicted molar refractivity (Wildman–Crippen MR) is 95.9 cm³/mol. The minimum Gasteiger partial charge on any atom is -0.469 e. The monoisotopic (exact) mass is 344 g/mol. The molecule has 5 atom stereocenters. The fraction of sp³-hybridized carbons (Fsp3) is 0.619. The van der Waals surface area contributed by atoms with Crippen LogP contribution in [0.25, 0.3) is 0 Å². The van der Waals surface area contributed by atoms with Crippen molar-refractivity contribution < 1.29 is 19.1 Å². The highest BCUT2D eigenvalue weighted by atomic mass is 16.6. The molecule has 1 saturated carbocycles. The number of esters is 1. The number of ketones is 1. The second kappa shape index (κ2) is 5.66. The highest BCUT2D eigenvalue weighted by Gasteiger charge is 2.73. The molecule has 0 amide bonds. The summed E-state index contributed by atoms with van der Waals surface area (Å²) in [5.74, 6) is 0.0373. The molecule has 0 aromatic heterocycles. The SMILES string of the molecule is C=CC1(C)C(=O)C=C2C(C)(CCC(=O)OC)C(C(=C)C)CCC23OC13. The Hall–Kier alpha value is -1.68. The van der Waals surface area contributed by atoms with Gasteiger partial charge in [0, 0.05) is 6.42 Å². The summed E-state index contributed by atoms with van der Waals surface area (Å²) in [6.45, 7) is 14.1. The van der Waals surface area contributed by atoms with E-state index in [9.17, 15) is 9.59 Å². The zero-order valence-corrected chi connectivity index (χ0v) is 15.7. The van der Waals surface area contributed by atoms with Crippen LogP contribution in [0.5, 0.6) is 0 Å². The minimum absolute atomic E-state index is 0.0438. The van der Waals surface area contributed by atoms with Crippen molar-refractivity contribution in [2.45, 2.75) is 58.2 Å². The Bertz CT molecular complexity index is 690. The fourth-order valence-corrected chi connectivity index (χ4v) is 5.13. The maximum atomic E-state index is 12.9. The summed E-state index contributed by atoms with van der Waals surface area (Å²) < 4.78 is 11.0. The van der Waals surface area contributed by atoms with Crippen molar-refractivity contribution >= 4 is 11.8 Å². The van der Waals surface area contributed by atoms with E-state index in [-0.39, 0.29) is 34.8 Å². The molecule has 0 bridgehead atoms. The number of rotatable bonds is 5. The van der Waals surface area contributed by atoms with Gasteiger partial charge < -0.3 is 9.47 Å². The van der Waals surface area contributed by atoms with Crippen molar-refractivity contribution in [1.29, 1.82) is 0 Å². The van der Waals surface area contributed by atoms with E-state index in [2.05, 4.69) is 20.1 Å². The van der Waals surface area contributed by atoms with Crippen LogP contribution in [0.1, 0.15) is 46.5 Å². The summed E-state index contributed by atoms with van der Waals surface area (Å²) in [5, 5.41) is 0. The molecule has 2 fully saturated rings. The molecule has 0 aromatic carbocycles. The van der Waals surface area contributed by atoms with Crippen molar-refractivity contribution in [3.05, 3.63) is 36.5 Å². The number of methoxy groups -OCH3 is 1. The van der Waals surface area contributed by atoms with Gasteiger partial charge in [0.15, 0.2) is 5.78 Å². The average molecular weight is 344 g/mol. The molecule has 0 aromatic rings. The van der Waals surface area contributed by atoms with Crippen LogP contribution in [0.15, 0.2) is 36.5 Å². The van der Waals surface area contributed by atoms with Gasteiger partial charge in [-0.05, 0) is 56.1 Å². The number of hydrogen-bond donors (Lipinski definition) is 0. The van der Waals surface area contributed by atoms with Gasteiger partial charge in [-0.2, -0.15) is 0 Å². The standard InChI is InChI=1S/C21H28O4/c1-7-19(4)16(22)12-15-20(5,10-9-17(23)24-6)14(13(2)3)8-11-21(15)18(19)25-21/h7,12,14,18H,1-2,8-11H2,3-6H3. The highest BCUT2D eigenvalue weighted by molar-refractivity contribution is 6.00. The number of ether oxygens (including phenoxy) is 2. The van der Waals surface area contributed by atoms with Crippen molar-refractivity contribution in [2.24, 2.45) is 16.7 Å². The Kier molecular flexibility index (Phi) is 4.11. The number of epoxide rings is 1. The Balaban J connectivity index is 2.05. The van der Waals surface area contributed by atoms with Crippen molar-refractivity contribution in [2.75, 3.05) is 7.11 Å². The van der Waals surface area contributed by atoms with E-state index in [1.54, 1.807) is 12.2 Å². The topological polar surface area (TPSA) is 55.9 Å². The third-order valence-electron chi connectivity index (χ3n) is 6.79. The van der Waals surface area contributed by atoms with Crippen LogP contribution in [-0.4, -0.2) is 30.6 Å². The second-order valence-corrected chi connectivity index (χ2v) is 8.23. The molecule has 1 spiro atoms. The quantitative estimate of drug-likeness (QED) is 0.433. The first-order chi connectivity index (χ1) is 11.7. The molecule has 4 nitrogen and oxygen atoms in total. The normalized spacial score (nSPS) is 41.9. The molecule has 0 N–H and O–H groups in total. The maximum absolute atomic E-state index is 12.9. The van der Waals surface area contributed by atoms with Gasteiger partial charge in [0.1, 0.15) is 11.7 Å². The Labute approximate surface area is 150 Å². The number of carbonyl (C=O) groups excluding carboxylic acids is 2. The summed E-state index contributed by atoms with van der Waals surface area (Å²) >= 11 is 0. The number of hydrogen-bond acceptors (Lipinski definition) is 4. The lowest BCUT2D eigenvalue weighted by Gasteiger charge is -2.49. The van der Waals surface area contributed by atoms with Crippen molar-refractivity contribution in [3.8, 4) is 0 Å². The molecule has 4 heteroatoms. The highest BCUT2D eigenvalue weighted by Crippen LogP contribution is 2.67. The van der Waals surface area contributed by atoms with Crippen molar-refractivity contribution in [3.63, 3.8) is 0 Å². The first-order valence-corrected chi connectivity index (χ1v) is 8.96. The molecule has 1 saturated heterocycles. The van der Waals surface area contributed by atoms with Gasteiger partial charge in [0.25, 0.3) is 0 Å². The zero-order valence-electron chi connectivity index (χ0n) is 15.7. The summed E-state index contributed by atoms with van der Waals surface area (Å²) in [6, 6.07) is 0. The van der Waals surface area contributed by atoms with E-state index in [4.69, 9.17) is 9.47 Å². The van der Waals surface area contributed by atoms with Gasteiger partial charge in [-0.25, -0.2) is 0 Å². The zero-order chi connectivity index (χ0) is 18.6. The summed E-state index contributed by atoms with van der Waals surface area (Å²) in [5.41, 5.74) is 0.754. The van der Waals surface area contributed by atoms with Gasteiger partial charge >= 0.3 is 5.97 Å². The van der Waals surface area contributed by atoms with E-state index < -0.39 is 5.41 Å². The van der Waals surface area contributed by atoms with E-state index in [0.717, 1.165) is 24.0 Å². The van der Waals surface area contributed by atoms with Crippen molar-refractivity contribution in [1.82, 2.24) is 0 Å². The van der Waals surface area contributed by atoms with Crippen LogP contribution < -0.4 is 0 Å². The van der Waals surface area contributed by atoms with Crippen LogP contribution in [-0.2, 0) is 19.1 Å². The van der Waals surface area contributed by atoms with Crippen LogP contribution >= 0.6 is 0 Å². The van der Waals surface area contributed by atoms with E-state index in [1.165, 1.54) is 7.11 Å². The maximum Gasteiger partial charge on any atom is 0.305 e. The van der Waals surface area contributed by atoms with E-state index in [1.807, 2.05) is 13.8 Å². The molecule has 3 rings (SSSR count). The van der Waals surface area contributed by atoms with Gasteiger partial charge in [-0.3, -0.25) is 9.59 Å². The second-order valence-electron chi connectivity index (χ2n) is 8.23. The molecule has 2 aliphatic carbocycles. The summed E-state index contributed by atoms with van der Waals surface area (Å²) in [7, 11) is 1.40. The lowest BCUT2D eigenvalue weighted by atomic mass is 9.53. The first kappa shape index (κ1) is 18.1. The lowest BCUT2D eigenvalue weighted by Crippen LogP contribution is -2.49. The van der Waals surface area contributed by atoms with Gasteiger partial charge in [0.05, 0.1) is 12.5 Å².